The third-order valence-corrected chi connectivity index (χ3v) is 2.43. The highest BCUT2D eigenvalue weighted by Crippen LogP contribution is 1.85. The molecule has 0 aromatic heterocycles. The molecule has 0 spiro atoms. The first kappa shape index (κ1) is 9.76. The van der Waals surface area contributed by atoms with Crippen molar-refractivity contribution in [3.63, 3.8) is 0 Å². The summed E-state index contributed by atoms with van der Waals surface area (Å²) in [6, 6.07) is 0. The Kier molecular flexibility index (Phi) is 4.45. The van der Waals surface area contributed by atoms with Crippen LogP contribution >= 0.6 is 11.6 Å². The van der Waals surface area contributed by atoms with Gasteiger partial charge >= 0.3 is 0 Å². The molecule has 10 heavy (non-hydrogen) atoms. The minimum Gasteiger partial charge on any atom is -0.211 e. The van der Waals surface area contributed by atoms with Crippen LogP contribution < -0.4 is 4.72 Å². The SMILES string of the molecule is CC#CCNS(=O)(=O)CCl. The van der Waals surface area contributed by atoms with Gasteiger partial charge in [-0.1, -0.05) is 5.92 Å². The smallest absolute Gasteiger partial charge is 0.211 e. The molecule has 1 N–H and O–H groups in total. The average molecular weight is 182 g/mol. The van der Waals surface area contributed by atoms with Gasteiger partial charge in [0.15, 0.2) is 0 Å². The van der Waals surface area contributed by atoms with Gasteiger partial charge in [0.2, 0.25) is 10.0 Å². The van der Waals surface area contributed by atoms with Gasteiger partial charge in [0.25, 0.3) is 0 Å². The summed E-state index contributed by atoms with van der Waals surface area (Å²) in [5, 5.41) is -0.418. The largest absolute Gasteiger partial charge is 0.226 e. The number of alkyl halides is 1. The van der Waals surface area contributed by atoms with Crippen molar-refractivity contribution in [2.75, 3.05) is 11.8 Å². The van der Waals surface area contributed by atoms with E-state index in [-0.39, 0.29) is 6.54 Å². The highest BCUT2D eigenvalue weighted by atomic mass is 35.5. The van der Waals surface area contributed by atoms with Crippen molar-refractivity contribution in [2.24, 2.45) is 0 Å². The van der Waals surface area contributed by atoms with Gasteiger partial charge < -0.3 is 0 Å². The lowest BCUT2D eigenvalue weighted by molar-refractivity contribution is 0.591. The molecule has 0 aliphatic carbocycles. The Hall–Kier alpha value is -0.240. The first-order valence-corrected chi connectivity index (χ1v) is 4.74. The molecule has 58 valence electrons. The zero-order chi connectivity index (χ0) is 8.04. The molecule has 0 aliphatic rings. The Labute approximate surface area is 65.8 Å². The summed E-state index contributed by atoms with van der Waals surface area (Å²) in [6.07, 6.45) is 0. The number of sulfonamides is 1. The van der Waals surface area contributed by atoms with Crippen LogP contribution in [0.15, 0.2) is 0 Å². The van der Waals surface area contributed by atoms with Gasteiger partial charge in [0.1, 0.15) is 5.21 Å². The molecule has 0 bridgehead atoms. The van der Waals surface area contributed by atoms with Crippen LogP contribution in [0.25, 0.3) is 0 Å². The molecule has 5 heteroatoms. The second kappa shape index (κ2) is 4.56. The van der Waals surface area contributed by atoms with Crippen molar-refractivity contribution in [1.82, 2.24) is 4.72 Å². The van der Waals surface area contributed by atoms with Crippen LogP contribution in [0.1, 0.15) is 6.92 Å². The quantitative estimate of drug-likeness (QED) is 0.497. The van der Waals surface area contributed by atoms with Crippen LogP contribution in [0.3, 0.4) is 0 Å². The normalized spacial score (nSPS) is 10.2. The van der Waals surface area contributed by atoms with Crippen LogP contribution in [0.4, 0.5) is 0 Å². The minimum atomic E-state index is -3.28. The molecule has 0 atom stereocenters. The molecule has 0 aromatic rings. The Morgan fingerprint density at radius 3 is 2.60 bits per heavy atom. The van der Waals surface area contributed by atoms with Gasteiger partial charge in [0.05, 0.1) is 6.54 Å². The van der Waals surface area contributed by atoms with Crippen molar-refractivity contribution >= 4 is 21.6 Å². The molecule has 0 aliphatic heterocycles. The number of rotatable bonds is 3. The van der Waals surface area contributed by atoms with E-state index < -0.39 is 15.2 Å². The van der Waals surface area contributed by atoms with Gasteiger partial charge in [-0.3, -0.25) is 0 Å². The predicted molar refractivity (Wildman–Crippen MR) is 41.1 cm³/mol. The van der Waals surface area contributed by atoms with Crippen molar-refractivity contribution in [3.8, 4) is 11.8 Å². The number of halogens is 1. The molecule has 0 saturated heterocycles. The van der Waals surface area contributed by atoms with E-state index in [9.17, 15) is 8.42 Å². The van der Waals surface area contributed by atoms with Crippen molar-refractivity contribution in [2.45, 2.75) is 6.92 Å². The van der Waals surface area contributed by atoms with E-state index in [1.54, 1.807) is 6.92 Å². The fraction of sp³-hybridized carbons (Fsp3) is 0.600. The summed E-state index contributed by atoms with van der Waals surface area (Å²) in [5.74, 6) is 5.08. The first-order chi connectivity index (χ1) is 4.62. The number of hydrogen-bond acceptors (Lipinski definition) is 2. The van der Waals surface area contributed by atoms with E-state index >= 15 is 0 Å². The summed E-state index contributed by atoms with van der Waals surface area (Å²) in [7, 11) is -3.28. The summed E-state index contributed by atoms with van der Waals surface area (Å²) < 4.78 is 23.3. The lowest BCUT2D eigenvalue weighted by Gasteiger charge is -1.95. The molecule has 0 amide bonds. The fourth-order valence-electron chi connectivity index (χ4n) is 0.273. The van der Waals surface area contributed by atoms with Crippen molar-refractivity contribution in [3.05, 3.63) is 0 Å². The van der Waals surface area contributed by atoms with Gasteiger partial charge in [-0.15, -0.1) is 17.5 Å². The molecule has 3 nitrogen and oxygen atoms in total. The maximum atomic E-state index is 10.6. The van der Waals surface area contributed by atoms with Crippen LogP contribution in [-0.2, 0) is 10.0 Å². The summed E-state index contributed by atoms with van der Waals surface area (Å²) >= 11 is 5.07. The third-order valence-electron chi connectivity index (χ3n) is 0.701. The van der Waals surface area contributed by atoms with E-state index in [0.29, 0.717) is 0 Å². The van der Waals surface area contributed by atoms with E-state index in [4.69, 9.17) is 11.6 Å². The summed E-state index contributed by atoms with van der Waals surface area (Å²) in [6.45, 7) is 1.76. The number of hydrogen-bond donors (Lipinski definition) is 1. The zero-order valence-electron chi connectivity index (χ0n) is 5.52. The highest BCUT2D eigenvalue weighted by Gasteiger charge is 2.03. The second-order valence-corrected chi connectivity index (χ2v) is 3.86. The fourth-order valence-corrected chi connectivity index (χ4v) is 0.874. The first-order valence-electron chi connectivity index (χ1n) is 2.55. The molecule has 0 aromatic carbocycles. The summed E-state index contributed by atoms with van der Waals surface area (Å²) in [5.41, 5.74) is 0. The van der Waals surface area contributed by atoms with Crippen LogP contribution in [0.2, 0.25) is 0 Å². The maximum Gasteiger partial charge on any atom is 0.226 e. The molecule has 0 fully saturated rings. The zero-order valence-corrected chi connectivity index (χ0v) is 7.09. The molecule has 0 radical (unpaired) electrons. The van der Waals surface area contributed by atoms with Gasteiger partial charge in [-0.05, 0) is 6.92 Å². The molecule has 0 unspecified atom stereocenters. The molecule has 0 saturated carbocycles. The van der Waals surface area contributed by atoms with E-state index in [1.165, 1.54) is 0 Å². The van der Waals surface area contributed by atoms with Crippen molar-refractivity contribution < 1.29 is 8.42 Å². The van der Waals surface area contributed by atoms with Gasteiger partial charge in [0, 0.05) is 0 Å². The standard InChI is InChI=1S/C5H8ClNO2S/c1-2-3-4-7-10(8,9)5-6/h7H,4-5H2,1H3. The summed E-state index contributed by atoms with van der Waals surface area (Å²) in [4.78, 5) is 0. The van der Waals surface area contributed by atoms with Gasteiger partial charge in [-0.25, -0.2) is 13.1 Å². The lowest BCUT2D eigenvalue weighted by Crippen LogP contribution is -2.24. The third kappa shape index (κ3) is 4.62. The van der Waals surface area contributed by atoms with Gasteiger partial charge in [-0.2, -0.15) is 0 Å². The maximum absolute atomic E-state index is 10.6. The van der Waals surface area contributed by atoms with E-state index in [0.717, 1.165) is 0 Å². The van der Waals surface area contributed by atoms with Crippen LogP contribution in [-0.4, -0.2) is 20.2 Å². The Morgan fingerprint density at radius 2 is 2.20 bits per heavy atom. The molecule has 0 heterocycles. The van der Waals surface area contributed by atoms with Crippen LogP contribution in [0.5, 0.6) is 0 Å². The minimum absolute atomic E-state index is 0.131. The van der Waals surface area contributed by atoms with E-state index in [2.05, 4.69) is 16.6 Å². The Morgan fingerprint density at radius 1 is 1.60 bits per heavy atom. The topological polar surface area (TPSA) is 46.2 Å². The molecular formula is C5H8ClNO2S. The predicted octanol–water partition coefficient (Wildman–Crippen LogP) is 0.125. The average Bonchev–Trinajstić information content (AvgIpc) is 1.89. The highest BCUT2D eigenvalue weighted by molar-refractivity contribution is 7.90. The Balaban J connectivity index is 3.77. The second-order valence-electron chi connectivity index (χ2n) is 1.47. The molecular weight excluding hydrogens is 174 g/mol. The lowest BCUT2D eigenvalue weighted by atomic mass is 10.6. The molecule has 0 rings (SSSR count). The van der Waals surface area contributed by atoms with Crippen LogP contribution in [0, 0.1) is 11.8 Å². The number of nitrogens with one attached hydrogen (secondary N) is 1. The van der Waals surface area contributed by atoms with E-state index in [1.807, 2.05) is 0 Å². The monoisotopic (exact) mass is 181 g/mol. The Bertz CT molecular complexity index is 236. The van der Waals surface area contributed by atoms with Crippen molar-refractivity contribution in [1.29, 1.82) is 0 Å².